The van der Waals surface area contributed by atoms with Crippen LogP contribution in [0.2, 0.25) is 48.4 Å². The van der Waals surface area contributed by atoms with E-state index in [0.717, 1.165) is 0 Å². The fourth-order valence-corrected chi connectivity index (χ4v) is 55.5. The Morgan fingerprint density at radius 2 is 0.727 bits per heavy atom. The third-order valence-corrected chi connectivity index (χ3v) is 45.5. The molecule has 22 heteroatoms. The summed E-state index contributed by atoms with van der Waals surface area (Å²) in [5.41, 5.74) is 0. The zero-order valence-corrected chi connectivity index (χ0v) is 35.6. The summed E-state index contributed by atoms with van der Waals surface area (Å²) < 4.78 is 91.1. The van der Waals surface area contributed by atoms with Crippen LogP contribution >= 0.6 is 0 Å². The molecule has 1 atom stereocenters. The van der Waals surface area contributed by atoms with Gasteiger partial charge in [-0.2, -0.15) is 0 Å². The molecule has 0 amide bonds. The van der Waals surface area contributed by atoms with Crippen LogP contribution in [0.4, 0.5) is 0 Å². The van der Waals surface area contributed by atoms with Gasteiger partial charge < -0.3 is 54.1 Å². The molecule has 44 heavy (non-hydrogen) atoms. The first-order chi connectivity index (χ1) is 20.8. The van der Waals surface area contributed by atoms with Crippen molar-refractivity contribution in [1.82, 2.24) is 0 Å². The summed E-state index contributed by atoms with van der Waals surface area (Å²) in [5, 5.41) is 0. The lowest BCUT2D eigenvalue weighted by Crippen LogP contribution is -2.88. The number of ether oxygens (including phenoxy) is 1. The lowest BCUT2D eigenvalue weighted by molar-refractivity contribution is -0.148. The lowest BCUT2D eigenvalue weighted by Gasteiger charge is -2.63. The number of rotatable bonds is 13. The Kier molecular flexibility index (Phi) is 10.5. The summed E-state index contributed by atoms with van der Waals surface area (Å²) in [6.45, 7) is 17.8. The summed E-state index contributed by atoms with van der Waals surface area (Å²) in [6, 6.07) is 3.12. The second-order valence-electron chi connectivity index (χ2n) is 11.7. The summed E-state index contributed by atoms with van der Waals surface area (Å²) in [6.07, 6.45) is 1.12. The van der Waals surface area contributed by atoms with Crippen LogP contribution in [0.1, 0.15) is 75.2 Å². The molecule has 0 spiro atoms. The lowest BCUT2D eigenvalue weighted by atomic mass is 10.1. The molecule has 0 N–H and O–H groups in total. The molecule has 6 rings (SSSR count). The van der Waals surface area contributed by atoms with Gasteiger partial charge in [-0.05, 0) is 12.8 Å². The van der Waals surface area contributed by atoms with E-state index >= 15 is 0 Å². The van der Waals surface area contributed by atoms with E-state index < -0.39 is 70.4 Å². The maximum absolute atomic E-state index is 12.5. The van der Waals surface area contributed by atoms with Crippen molar-refractivity contribution in [3.63, 3.8) is 0 Å². The van der Waals surface area contributed by atoms with Gasteiger partial charge in [0.05, 0.1) is 12.5 Å². The van der Waals surface area contributed by atoms with Crippen molar-refractivity contribution in [2.24, 2.45) is 5.92 Å². The van der Waals surface area contributed by atoms with Gasteiger partial charge in [0.15, 0.2) is 0 Å². The van der Waals surface area contributed by atoms with Gasteiger partial charge in [-0.25, -0.2) is 0 Å². The summed E-state index contributed by atoms with van der Waals surface area (Å²) >= 11 is 0. The fraction of sp³-hybridized carbons (Fsp3) is 0.955. The van der Waals surface area contributed by atoms with E-state index in [1.54, 1.807) is 0 Å². The number of hydrogen-bond donors (Lipinski definition) is 0. The Morgan fingerprint density at radius 3 is 0.955 bits per heavy atom. The van der Waals surface area contributed by atoms with E-state index in [9.17, 15) is 4.79 Å². The highest BCUT2D eigenvalue weighted by atomic mass is 28.6. The van der Waals surface area contributed by atoms with Crippen LogP contribution in [0.15, 0.2) is 0 Å². The number of esters is 1. The van der Waals surface area contributed by atoms with Crippen LogP contribution in [0, 0.1) is 5.92 Å². The van der Waals surface area contributed by atoms with Crippen molar-refractivity contribution in [3.05, 3.63) is 0 Å². The van der Waals surface area contributed by atoms with Crippen molar-refractivity contribution >= 4 is 76.4 Å². The monoisotopic (exact) mass is 762 g/mol. The summed E-state index contributed by atoms with van der Waals surface area (Å²) in [7, 11) is -29.6. The fourth-order valence-electron chi connectivity index (χ4n) is 5.78. The van der Waals surface area contributed by atoms with Crippen LogP contribution in [-0.4, -0.2) is 83.0 Å². The maximum atomic E-state index is 12.5. The van der Waals surface area contributed by atoms with Crippen molar-refractivity contribution in [1.29, 1.82) is 0 Å². The Labute approximate surface area is 270 Å². The number of hydrogen-bond acceptors (Lipinski definition) is 14. The van der Waals surface area contributed by atoms with Gasteiger partial charge in [0.25, 0.3) is 0 Å². The van der Waals surface area contributed by atoms with E-state index in [-0.39, 0.29) is 18.5 Å². The molecule has 14 nitrogen and oxygen atoms in total. The van der Waals surface area contributed by atoms with E-state index in [4.69, 9.17) is 54.1 Å². The Bertz CT molecular complexity index is 953. The molecule has 0 saturated carbocycles. The maximum Gasteiger partial charge on any atom is 0.479 e. The average molecular weight is 763 g/mol. The summed E-state index contributed by atoms with van der Waals surface area (Å²) in [4.78, 5) is 12.5. The van der Waals surface area contributed by atoms with Gasteiger partial charge in [-0.3, -0.25) is 4.79 Å². The summed E-state index contributed by atoms with van der Waals surface area (Å²) in [5.74, 6) is -0.423. The smallest absolute Gasteiger partial charge is 0.465 e. The van der Waals surface area contributed by atoms with Crippen molar-refractivity contribution < 1.29 is 58.9 Å². The van der Waals surface area contributed by atoms with E-state index in [1.807, 2.05) is 62.3 Å². The van der Waals surface area contributed by atoms with E-state index in [0.29, 0.717) is 61.2 Å². The van der Waals surface area contributed by atoms with Gasteiger partial charge in [0.1, 0.15) is 0 Å². The van der Waals surface area contributed by atoms with Crippen molar-refractivity contribution in [2.45, 2.75) is 124 Å². The van der Waals surface area contributed by atoms with Crippen LogP contribution in [-0.2, 0) is 58.9 Å². The standard InChI is InChI=1S/C22H50O14Si8/c1-10-21(9)22(23)24-19-18-20-44-34-41(15-6)28-38(12-3)25-37(11-2)26-39(13-4,30-41)32-43(17-8,36-44)33-40(14-5,27-37)31-42(16-7,29-38)35-44/h21H,10-20H2,1-9H3. The molecule has 1 unspecified atom stereocenters. The number of carbonyl (C=O) groups is 1. The van der Waals surface area contributed by atoms with E-state index in [1.165, 1.54) is 0 Å². The normalized spacial score (nSPS) is 46.9. The highest BCUT2D eigenvalue weighted by Gasteiger charge is 2.81. The first-order valence-electron chi connectivity index (χ1n) is 16.4. The van der Waals surface area contributed by atoms with Gasteiger partial charge in [0.2, 0.25) is 0 Å². The average Bonchev–Trinajstić information content (AvgIpc) is 2.98. The SMILES string of the molecule is CCC(C)C(=O)OCCC[Si]12O[Si]3(CC)O[Si]4(CC)O[Si]5(CC)O[Si](CC)(O3)O[Si](CC)(O[Si](CC)(O5)O[Si](CC)(O4)O1)O2. The third kappa shape index (κ3) is 6.41. The molecule has 0 aromatic carbocycles. The molecule has 6 heterocycles. The van der Waals surface area contributed by atoms with E-state index in [2.05, 4.69) is 0 Å². The quantitative estimate of drug-likeness (QED) is 0.143. The first kappa shape index (κ1) is 36.0. The third-order valence-electron chi connectivity index (χ3n) is 8.65. The number of carbonyl (C=O) groups excluding carboxylic acids is 1. The minimum absolute atomic E-state index is 0.177. The predicted octanol–water partition coefficient (Wildman–Crippen LogP) is 4.88. The molecule has 0 aromatic rings. The molecule has 6 aliphatic rings. The highest BCUT2D eigenvalue weighted by molar-refractivity contribution is 7.03. The van der Waals surface area contributed by atoms with Gasteiger partial charge >= 0.3 is 76.4 Å². The van der Waals surface area contributed by atoms with Gasteiger partial charge in [-0.15, -0.1) is 0 Å². The first-order valence-corrected chi connectivity index (χ1v) is 31.8. The molecule has 0 aromatic heterocycles. The molecule has 0 radical (unpaired) electrons. The molecular weight excluding hydrogens is 713 g/mol. The van der Waals surface area contributed by atoms with Crippen LogP contribution < -0.4 is 0 Å². The predicted molar refractivity (Wildman–Crippen MR) is 172 cm³/mol. The molecular formula is C22H50O14Si8. The van der Waals surface area contributed by atoms with Gasteiger partial charge in [-0.1, -0.05) is 62.3 Å². The molecule has 6 saturated heterocycles. The van der Waals surface area contributed by atoms with Crippen molar-refractivity contribution in [2.75, 3.05) is 6.61 Å². The van der Waals surface area contributed by atoms with Gasteiger partial charge in [0, 0.05) is 48.4 Å². The Hall–Kier alpha value is 0.725. The molecule has 254 valence electrons. The Morgan fingerprint density at radius 1 is 0.477 bits per heavy atom. The minimum Gasteiger partial charge on any atom is -0.465 e. The van der Waals surface area contributed by atoms with Crippen LogP contribution in [0.3, 0.4) is 0 Å². The highest BCUT2D eigenvalue weighted by Crippen LogP contribution is 2.53. The zero-order chi connectivity index (χ0) is 32.1. The van der Waals surface area contributed by atoms with Crippen molar-refractivity contribution in [3.8, 4) is 0 Å². The molecule has 0 aliphatic carbocycles. The topological polar surface area (TPSA) is 137 Å². The second-order valence-corrected chi connectivity index (χ2v) is 37.9. The zero-order valence-electron chi connectivity index (χ0n) is 27.6. The minimum atomic E-state index is -3.85. The Balaban J connectivity index is 1.69. The van der Waals surface area contributed by atoms with Crippen LogP contribution in [0.5, 0.6) is 0 Å². The molecule has 6 aliphatic heterocycles. The largest absolute Gasteiger partial charge is 0.479 e. The van der Waals surface area contributed by atoms with Crippen LogP contribution in [0.25, 0.3) is 0 Å². The second kappa shape index (κ2) is 12.9. The molecule has 8 bridgehead atoms. The molecule has 6 fully saturated rings.